The van der Waals surface area contributed by atoms with Crippen LogP contribution in [0.1, 0.15) is 42.5 Å². The van der Waals surface area contributed by atoms with Crippen molar-refractivity contribution in [1.82, 2.24) is 15.0 Å². The number of carbonyl (C=O) groups excluding carboxylic acids is 2. The predicted molar refractivity (Wildman–Crippen MR) is 144 cm³/mol. The summed E-state index contributed by atoms with van der Waals surface area (Å²) in [7, 11) is 1.17. The number of methoxy groups -OCH3 is 1. The summed E-state index contributed by atoms with van der Waals surface area (Å²) in [6.07, 6.45) is 1.67. The zero-order chi connectivity index (χ0) is 28.5. The molecule has 2 amide bonds. The summed E-state index contributed by atoms with van der Waals surface area (Å²) in [6.45, 7) is 7.81. The molecule has 0 saturated carbocycles. The van der Waals surface area contributed by atoms with Gasteiger partial charge in [-0.15, -0.1) is 0 Å². The Hall–Kier alpha value is -4.73. The first kappa shape index (κ1) is 27.3. The van der Waals surface area contributed by atoms with E-state index in [0.29, 0.717) is 34.4 Å². The molecule has 0 bridgehead atoms. The molecule has 2 aromatic heterocycles. The number of rotatable bonds is 5. The van der Waals surface area contributed by atoms with Gasteiger partial charge in [-0.05, 0) is 48.9 Å². The van der Waals surface area contributed by atoms with Crippen molar-refractivity contribution in [2.75, 3.05) is 12.0 Å². The van der Waals surface area contributed by atoms with E-state index in [0.717, 1.165) is 17.0 Å². The summed E-state index contributed by atoms with van der Waals surface area (Å²) in [4.78, 5) is 39.9. The van der Waals surface area contributed by atoms with Crippen molar-refractivity contribution in [3.63, 3.8) is 0 Å². The number of nitrogens with two attached hydrogens (primary N) is 1. The number of carbonyl (C=O) groups is 2. The summed E-state index contributed by atoms with van der Waals surface area (Å²) in [6, 6.07) is 11.9. The average molecular weight is 532 g/mol. The molecule has 2 aromatic carbocycles. The SMILES string of the molecule is COC(=O)c1ccc(N(C(N)=O)c2cc(-c3ccnc(C(C)(C)C)n3)ccc2C)nc1-c1ccc(F)cc1F. The van der Waals surface area contributed by atoms with Gasteiger partial charge in [0.25, 0.3) is 0 Å². The molecule has 10 heteroatoms. The molecule has 39 heavy (non-hydrogen) atoms. The number of hydrogen-bond donors (Lipinski definition) is 1. The Bertz CT molecular complexity index is 1580. The third kappa shape index (κ3) is 5.59. The lowest BCUT2D eigenvalue weighted by atomic mass is 9.95. The molecule has 0 spiro atoms. The van der Waals surface area contributed by atoms with Crippen molar-refractivity contribution in [3.8, 4) is 22.5 Å². The Balaban J connectivity index is 1.89. The van der Waals surface area contributed by atoms with Crippen molar-refractivity contribution < 1.29 is 23.1 Å². The smallest absolute Gasteiger partial charge is 0.340 e. The lowest BCUT2D eigenvalue weighted by Crippen LogP contribution is -2.33. The minimum atomic E-state index is -0.938. The van der Waals surface area contributed by atoms with Crippen molar-refractivity contribution in [2.45, 2.75) is 33.1 Å². The van der Waals surface area contributed by atoms with E-state index >= 15 is 0 Å². The molecule has 0 saturated heterocycles. The van der Waals surface area contributed by atoms with Gasteiger partial charge in [-0.1, -0.05) is 32.9 Å². The lowest BCUT2D eigenvalue weighted by molar-refractivity contribution is 0.0601. The van der Waals surface area contributed by atoms with Crippen LogP contribution in [0.3, 0.4) is 0 Å². The van der Waals surface area contributed by atoms with Crippen LogP contribution in [0.2, 0.25) is 0 Å². The molecular formula is C29H27F2N5O3. The monoisotopic (exact) mass is 531 g/mol. The number of primary amides is 1. The number of aromatic nitrogens is 3. The highest BCUT2D eigenvalue weighted by Gasteiger charge is 2.25. The number of pyridine rings is 1. The van der Waals surface area contributed by atoms with Crippen LogP contribution in [0.4, 0.5) is 25.1 Å². The molecule has 0 aliphatic carbocycles. The van der Waals surface area contributed by atoms with Crippen molar-refractivity contribution in [1.29, 1.82) is 0 Å². The molecule has 4 rings (SSSR count). The molecular weight excluding hydrogens is 504 g/mol. The van der Waals surface area contributed by atoms with Crippen LogP contribution < -0.4 is 10.6 Å². The molecule has 4 aromatic rings. The molecule has 0 aliphatic heterocycles. The number of ether oxygens (including phenoxy) is 1. The quantitative estimate of drug-likeness (QED) is 0.312. The number of anilines is 2. The van der Waals surface area contributed by atoms with Crippen LogP contribution in [0.25, 0.3) is 22.5 Å². The number of amides is 2. The lowest BCUT2D eigenvalue weighted by Gasteiger charge is -2.23. The fourth-order valence-corrected chi connectivity index (χ4v) is 3.98. The molecule has 0 fully saturated rings. The minimum absolute atomic E-state index is 0.0206. The van der Waals surface area contributed by atoms with Gasteiger partial charge in [0, 0.05) is 28.8 Å². The van der Waals surface area contributed by atoms with E-state index in [-0.39, 0.29) is 28.1 Å². The summed E-state index contributed by atoms with van der Waals surface area (Å²) in [5, 5.41) is 0. The largest absolute Gasteiger partial charge is 0.465 e. The standard InChI is InChI=1S/C29H27F2N5O3/c1-16-6-7-17(22-12-13-33-27(34-22)29(2,3)4)14-23(16)36(28(32)38)24-11-10-20(26(37)39-5)25(35-24)19-9-8-18(30)15-21(19)31/h6-15H,1-5H3,(H2,32,38). The van der Waals surface area contributed by atoms with E-state index in [1.807, 2.05) is 32.9 Å². The predicted octanol–water partition coefficient (Wildman–Crippen LogP) is 6.09. The molecule has 2 N–H and O–H groups in total. The van der Waals surface area contributed by atoms with Crippen molar-refractivity contribution in [2.24, 2.45) is 5.73 Å². The zero-order valence-electron chi connectivity index (χ0n) is 22.1. The normalized spacial score (nSPS) is 11.3. The number of hydrogen-bond acceptors (Lipinski definition) is 6. The Kier molecular flexibility index (Phi) is 7.40. The Labute approximate surface area is 224 Å². The first-order valence-electron chi connectivity index (χ1n) is 12.0. The first-order valence-corrected chi connectivity index (χ1v) is 12.0. The van der Waals surface area contributed by atoms with Gasteiger partial charge in [0.15, 0.2) is 0 Å². The van der Waals surface area contributed by atoms with Gasteiger partial charge in [0.1, 0.15) is 23.3 Å². The maximum Gasteiger partial charge on any atom is 0.340 e. The van der Waals surface area contributed by atoms with E-state index in [9.17, 15) is 18.4 Å². The van der Waals surface area contributed by atoms with Crippen LogP contribution in [-0.2, 0) is 10.2 Å². The van der Waals surface area contributed by atoms with Gasteiger partial charge in [-0.2, -0.15) is 0 Å². The Morgan fingerprint density at radius 1 is 0.974 bits per heavy atom. The molecule has 2 heterocycles. The van der Waals surface area contributed by atoms with Crippen LogP contribution in [-0.4, -0.2) is 34.1 Å². The van der Waals surface area contributed by atoms with Gasteiger partial charge in [-0.3, -0.25) is 0 Å². The highest BCUT2D eigenvalue weighted by molar-refractivity contribution is 6.01. The summed E-state index contributed by atoms with van der Waals surface area (Å²) >= 11 is 0. The van der Waals surface area contributed by atoms with Crippen molar-refractivity contribution in [3.05, 3.63) is 89.4 Å². The fraction of sp³-hybridized carbons (Fsp3) is 0.207. The highest BCUT2D eigenvalue weighted by Crippen LogP contribution is 2.34. The van der Waals surface area contributed by atoms with Crippen LogP contribution in [0.15, 0.2) is 60.8 Å². The van der Waals surface area contributed by atoms with Gasteiger partial charge in [0.2, 0.25) is 0 Å². The second-order valence-electron chi connectivity index (χ2n) is 9.87. The van der Waals surface area contributed by atoms with Gasteiger partial charge < -0.3 is 10.5 Å². The van der Waals surface area contributed by atoms with E-state index in [1.165, 1.54) is 19.2 Å². The molecule has 8 nitrogen and oxygen atoms in total. The van der Waals surface area contributed by atoms with E-state index in [2.05, 4.69) is 15.0 Å². The fourth-order valence-electron chi connectivity index (χ4n) is 3.98. The maximum atomic E-state index is 14.8. The summed E-state index contributed by atoms with van der Waals surface area (Å²) in [5.74, 6) is -1.84. The van der Waals surface area contributed by atoms with Crippen LogP contribution >= 0.6 is 0 Å². The van der Waals surface area contributed by atoms with Crippen LogP contribution in [0.5, 0.6) is 0 Å². The second kappa shape index (κ2) is 10.6. The number of halogens is 2. The maximum absolute atomic E-state index is 14.8. The Morgan fingerprint density at radius 2 is 1.72 bits per heavy atom. The third-order valence-electron chi connectivity index (χ3n) is 5.99. The van der Waals surface area contributed by atoms with Gasteiger partial charge in [0.05, 0.1) is 29.7 Å². The molecule has 0 unspecified atom stereocenters. The van der Waals surface area contributed by atoms with E-state index in [1.54, 1.807) is 25.3 Å². The molecule has 0 aliphatic rings. The van der Waals surface area contributed by atoms with Crippen LogP contribution in [0, 0.1) is 18.6 Å². The number of nitrogens with zero attached hydrogens (tertiary/aromatic N) is 4. The number of aryl methyl sites for hydroxylation is 1. The number of esters is 1. The molecule has 200 valence electrons. The molecule has 0 radical (unpaired) electrons. The Morgan fingerprint density at radius 3 is 2.36 bits per heavy atom. The number of benzene rings is 2. The average Bonchev–Trinajstić information content (AvgIpc) is 2.89. The summed E-state index contributed by atoms with van der Waals surface area (Å²) in [5.41, 5.74) is 7.61. The van der Waals surface area contributed by atoms with E-state index in [4.69, 9.17) is 10.5 Å². The number of urea groups is 1. The van der Waals surface area contributed by atoms with Crippen molar-refractivity contribution >= 4 is 23.5 Å². The van der Waals surface area contributed by atoms with Gasteiger partial charge in [-0.25, -0.2) is 38.2 Å². The topological polar surface area (TPSA) is 111 Å². The molecule has 0 atom stereocenters. The first-order chi connectivity index (χ1) is 18.4. The zero-order valence-corrected chi connectivity index (χ0v) is 22.1. The summed E-state index contributed by atoms with van der Waals surface area (Å²) < 4.78 is 33.2. The second-order valence-corrected chi connectivity index (χ2v) is 9.87. The third-order valence-corrected chi connectivity index (χ3v) is 5.99. The van der Waals surface area contributed by atoms with E-state index < -0.39 is 23.6 Å². The van der Waals surface area contributed by atoms with Gasteiger partial charge >= 0.3 is 12.0 Å². The minimum Gasteiger partial charge on any atom is -0.465 e. The highest BCUT2D eigenvalue weighted by atomic mass is 19.1.